The molecule has 92 valence electrons. The lowest BCUT2D eigenvalue weighted by molar-refractivity contribution is -0.136. The smallest absolute Gasteiger partial charge is 0.241 e. The molecule has 8 heteroatoms. The lowest BCUT2D eigenvalue weighted by Gasteiger charge is -2.18. The Balaban J connectivity index is 2.66. The van der Waals surface area contributed by atoms with E-state index in [1.54, 1.807) is 14.1 Å². The van der Waals surface area contributed by atoms with Crippen molar-refractivity contribution in [1.82, 2.24) is 9.80 Å². The molecule has 0 radical (unpaired) electrons. The molecule has 1 heterocycles. The first-order valence-corrected chi connectivity index (χ1v) is 7.00. The highest BCUT2D eigenvalue weighted by atomic mass is 35.7. The lowest BCUT2D eigenvalue weighted by atomic mass is 10.4. The molecule has 0 aromatic rings. The Morgan fingerprint density at radius 3 is 2.50 bits per heavy atom. The molecule has 2 amide bonds. The van der Waals surface area contributed by atoms with Gasteiger partial charge in [0.2, 0.25) is 20.9 Å². The average molecular weight is 269 g/mol. The van der Waals surface area contributed by atoms with Crippen LogP contribution in [-0.2, 0) is 18.6 Å². The van der Waals surface area contributed by atoms with E-state index in [9.17, 15) is 18.0 Å². The topological polar surface area (TPSA) is 74.8 Å². The number of carbonyl (C=O) groups is 2. The molecular formula is C8H13ClN2O4S. The first-order valence-electron chi connectivity index (χ1n) is 4.63. The Bertz CT molecular complexity index is 406. The standard InChI is InChI=1S/C8H13ClN2O4S/c1-10(2)8(13)5-11-4-6(3-7(11)12)16(9,14)15/h6H,3-5H2,1-2H3. The Hall–Kier alpha value is -0.820. The molecule has 1 aliphatic heterocycles. The van der Waals surface area contributed by atoms with Crippen LogP contribution in [0.5, 0.6) is 0 Å². The lowest BCUT2D eigenvalue weighted by Crippen LogP contribution is -2.38. The number of nitrogens with zero attached hydrogens (tertiary/aromatic N) is 2. The summed E-state index contributed by atoms with van der Waals surface area (Å²) >= 11 is 0. The van der Waals surface area contributed by atoms with Gasteiger partial charge in [-0.2, -0.15) is 0 Å². The summed E-state index contributed by atoms with van der Waals surface area (Å²) in [4.78, 5) is 25.3. The van der Waals surface area contributed by atoms with E-state index in [1.165, 1.54) is 9.80 Å². The number of likely N-dealkylation sites (tertiary alicyclic amines) is 1. The molecule has 0 aromatic heterocycles. The van der Waals surface area contributed by atoms with Crippen molar-refractivity contribution in [1.29, 1.82) is 0 Å². The Kier molecular flexibility index (Phi) is 3.80. The largest absolute Gasteiger partial charge is 0.347 e. The van der Waals surface area contributed by atoms with Crippen molar-refractivity contribution in [3.63, 3.8) is 0 Å². The van der Waals surface area contributed by atoms with Crippen molar-refractivity contribution in [3.8, 4) is 0 Å². The predicted molar refractivity (Wildman–Crippen MR) is 58.5 cm³/mol. The number of halogens is 1. The minimum atomic E-state index is -3.74. The first kappa shape index (κ1) is 13.2. The Morgan fingerprint density at radius 2 is 2.12 bits per heavy atom. The second-order valence-corrected chi connectivity index (χ2v) is 6.77. The highest BCUT2D eigenvalue weighted by Crippen LogP contribution is 2.20. The van der Waals surface area contributed by atoms with Crippen LogP contribution in [0.25, 0.3) is 0 Å². The second-order valence-electron chi connectivity index (χ2n) is 3.86. The summed E-state index contributed by atoms with van der Waals surface area (Å²) in [6, 6.07) is 0. The van der Waals surface area contributed by atoms with Gasteiger partial charge in [0.15, 0.2) is 0 Å². The van der Waals surface area contributed by atoms with Gasteiger partial charge in [-0.1, -0.05) is 0 Å². The molecule has 1 rings (SSSR count). The molecule has 0 spiro atoms. The van der Waals surface area contributed by atoms with Crippen molar-refractivity contribution in [2.24, 2.45) is 0 Å². The predicted octanol–water partition coefficient (Wildman–Crippen LogP) is -0.756. The van der Waals surface area contributed by atoms with Crippen LogP contribution in [0.1, 0.15) is 6.42 Å². The molecule has 16 heavy (non-hydrogen) atoms. The van der Waals surface area contributed by atoms with Gasteiger partial charge in [-0.3, -0.25) is 9.59 Å². The molecule has 1 saturated heterocycles. The summed E-state index contributed by atoms with van der Waals surface area (Å²) in [5.41, 5.74) is 0. The van der Waals surface area contributed by atoms with Gasteiger partial charge in [0.1, 0.15) is 5.25 Å². The highest BCUT2D eigenvalue weighted by molar-refractivity contribution is 8.14. The summed E-state index contributed by atoms with van der Waals surface area (Å²) in [6.07, 6.45) is -0.146. The molecule has 6 nitrogen and oxygen atoms in total. The summed E-state index contributed by atoms with van der Waals surface area (Å²) in [7, 11) is 4.56. The zero-order valence-corrected chi connectivity index (χ0v) is 10.6. The molecule has 1 atom stereocenters. The summed E-state index contributed by atoms with van der Waals surface area (Å²) in [5.74, 6) is -0.606. The first-order chi connectivity index (χ1) is 7.21. The highest BCUT2D eigenvalue weighted by Gasteiger charge is 2.37. The normalized spacial score (nSPS) is 21.3. The van der Waals surface area contributed by atoms with Gasteiger partial charge in [0.05, 0.1) is 6.54 Å². The molecule has 0 aromatic carbocycles. The van der Waals surface area contributed by atoms with Gasteiger partial charge in [-0.25, -0.2) is 8.42 Å². The number of amides is 2. The second kappa shape index (κ2) is 4.58. The SMILES string of the molecule is CN(C)C(=O)CN1CC(S(=O)(=O)Cl)CC1=O. The Morgan fingerprint density at radius 1 is 1.56 bits per heavy atom. The fourth-order valence-electron chi connectivity index (χ4n) is 1.38. The third-order valence-electron chi connectivity index (χ3n) is 2.40. The Labute approximate surface area is 98.6 Å². The third kappa shape index (κ3) is 3.08. The van der Waals surface area contributed by atoms with Gasteiger partial charge in [-0.15, -0.1) is 0 Å². The maximum Gasteiger partial charge on any atom is 0.241 e. The fourth-order valence-corrected chi connectivity index (χ4v) is 2.44. The molecule has 1 unspecified atom stereocenters. The van der Waals surface area contributed by atoms with Gasteiger partial charge in [-0.05, 0) is 0 Å². The van der Waals surface area contributed by atoms with Crippen LogP contribution in [0.3, 0.4) is 0 Å². The monoisotopic (exact) mass is 268 g/mol. The third-order valence-corrected chi connectivity index (χ3v) is 4.27. The van der Waals surface area contributed by atoms with Crippen molar-refractivity contribution in [3.05, 3.63) is 0 Å². The van der Waals surface area contributed by atoms with Crippen LogP contribution in [-0.4, -0.2) is 62.5 Å². The van der Waals surface area contributed by atoms with Crippen molar-refractivity contribution in [2.45, 2.75) is 11.7 Å². The number of hydrogen-bond acceptors (Lipinski definition) is 4. The van der Waals surface area contributed by atoms with Gasteiger partial charge in [0.25, 0.3) is 0 Å². The zero-order chi connectivity index (χ0) is 12.5. The molecule has 0 N–H and O–H groups in total. The van der Waals surface area contributed by atoms with Crippen LogP contribution in [0.2, 0.25) is 0 Å². The molecule has 1 fully saturated rings. The maximum absolute atomic E-state index is 11.4. The van der Waals surface area contributed by atoms with Crippen LogP contribution in [0, 0.1) is 0 Å². The zero-order valence-electron chi connectivity index (χ0n) is 9.01. The number of carbonyl (C=O) groups excluding carboxylic acids is 2. The number of likely N-dealkylation sites (N-methyl/N-ethyl adjacent to an activating group) is 1. The molecule has 0 saturated carbocycles. The molecule has 0 aliphatic carbocycles. The van der Waals surface area contributed by atoms with Crippen molar-refractivity contribution >= 4 is 31.5 Å². The van der Waals surface area contributed by atoms with Crippen LogP contribution in [0.15, 0.2) is 0 Å². The summed E-state index contributed by atoms with van der Waals surface area (Å²) in [6.45, 7) is -0.112. The molecular weight excluding hydrogens is 256 g/mol. The summed E-state index contributed by atoms with van der Waals surface area (Å²) < 4.78 is 22.1. The fraction of sp³-hybridized carbons (Fsp3) is 0.750. The number of hydrogen-bond donors (Lipinski definition) is 0. The van der Waals surface area contributed by atoms with E-state index in [0.717, 1.165) is 0 Å². The van der Waals surface area contributed by atoms with E-state index >= 15 is 0 Å². The number of rotatable bonds is 3. The quantitative estimate of drug-likeness (QED) is 0.631. The van der Waals surface area contributed by atoms with Gasteiger partial charge in [0, 0.05) is 37.7 Å². The van der Waals surface area contributed by atoms with E-state index < -0.39 is 14.3 Å². The van der Waals surface area contributed by atoms with E-state index in [-0.39, 0.29) is 31.3 Å². The average Bonchev–Trinajstić information content (AvgIpc) is 2.47. The van der Waals surface area contributed by atoms with Gasteiger partial charge >= 0.3 is 0 Å². The van der Waals surface area contributed by atoms with Crippen LogP contribution >= 0.6 is 10.7 Å². The minimum absolute atomic E-state index is 0.00968. The molecule has 1 aliphatic rings. The van der Waals surface area contributed by atoms with E-state index in [1.807, 2.05) is 0 Å². The van der Waals surface area contributed by atoms with Gasteiger partial charge < -0.3 is 9.80 Å². The van der Waals surface area contributed by atoms with E-state index in [4.69, 9.17) is 10.7 Å². The molecule has 0 bridgehead atoms. The summed E-state index contributed by atoms with van der Waals surface area (Å²) in [5, 5.41) is -0.906. The van der Waals surface area contributed by atoms with E-state index in [0.29, 0.717) is 0 Å². The van der Waals surface area contributed by atoms with Crippen LogP contribution < -0.4 is 0 Å². The van der Waals surface area contributed by atoms with Crippen molar-refractivity contribution in [2.75, 3.05) is 27.2 Å². The maximum atomic E-state index is 11.4. The van der Waals surface area contributed by atoms with Crippen LogP contribution in [0.4, 0.5) is 0 Å². The van der Waals surface area contributed by atoms with Crippen molar-refractivity contribution < 1.29 is 18.0 Å². The van der Waals surface area contributed by atoms with E-state index in [2.05, 4.69) is 0 Å². The minimum Gasteiger partial charge on any atom is -0.347 e.